The van der Waals surface area contributed by atoms with Gasteiger partial charge in [-0.25, -0.2) is 15.0 Å². The molecule has 1 fully saturated rings. The van der Waals surface area contributed by atoms with E-state index in [0.717, 1.165) is 18.9 Å². The van der Waals surface area contributed by atoms with Crippen LogP contribution in [0.2, 0.25) is 0 Å². The monoisotopic (exact) mass is 283 g/mol. The molecule has 3 heterocycles. The molecule has 1 amide bonds. The van der Waals surface area contributed by atoms with Gasteiger partial charge in [-0.2, -0.15) is 0 Å². The topological polar surface area (TPSA) is 62.2 Å². The minimum absolute atomic E-state index is 0.0267. The van der Waals surface area contributed by atoms with Crippen LogP contribution in [0.15, 0.2) is 36.7 Å². The number of carbonyl (C=O) groups excluding carboxylic acids is 1. The molecule has 6 nitrogen and oxygen atoms in total. The van der Waals surface area contributed by atoms with Crippen molar-refractivity contribution in [3.63, 3.8) is 0 Å². The van der Waals surface area contributed by atoms with Crippen LogP contribution in [0.1, 0.15) is 16.3 Å². The number of nitrogens with zero attached hydrogens (tertiary/aromatic N) is 5. The van der Waals surface area contributed by atoms with E-state index >= 15 is 0 Å². The van der Waals surface area contributed by atoms with Crippen molar-refractivity contribution in [2.24, 2.45) is 0 Å². The molecule has 0 spiro atoms. The van der Waals surface area contributed by atoms with Crippen LogP contribution in [0.4, 0.5) is 5.82 Å². The summed E-state index contributed by atoms with van der Waals surface area (Å²) in [6.07, 6.45) is 3.41. The van der Waals surface area contributed by atoms with Crippen molar-refractivity contribution in [2.75, 3.05) is 31.1 Å². The summed E-state index contributed by atoms with van der Waals surface area (Å²) in [6.45, 7) is 4.71. The molecule has 2 aromatic rings. The number of rotatable bonds is 2. The molecule has 1 aliphatic heterocycles. The molecule has 0 saturated carbocycles. The molecule has 1 saturated heterocycles. The van der Waals surface area contributed by atoms with E-state index in [1.807, 2.05) is 23.1 Å². The Kier molecular flexibility index (Phi) is 3.77. The van der Waals surface area contributed by atoms with Gasteiger partial charge in [0, 0.05) is 38.6 Å². The number of aromatic nitrogens is 3. The van der Waals surface area contributed by atoms with Gasteiger partial charge in [-0.3, -0.25) is 4.79 Å². The summed E-state index contributed by atoms with van der Waals surface area (Å²) >= 11 is 0. The largest absolute Gasteiger partial charge is 0.353 e. The molecule has 0 aliphatic carbocycles. The second-order valence-corrected chi connectivity index (χ2v) is 4.96. The summed E-state index contributed by atoms with van der Waals surface area (Å²) in [5.74, 6) is 1.55. The second kappa shape index (κ2) is 5.87. The minimum atomic E-state index is -0.0267. The lowest BCUT2D eigenvalue weighted by molar-refractivity contribution is 0.0740. The Balaban J connectivity index is 1.64. The molecule has 0 radical (unpaired) electrons. The smallest absolute Gasteiger partial charge is 0.272 e. The van der Waals surface area contributed by atoms with Crippen LogP contribution >= 0.6 is 0 Å². The number of pyridine rings is 1. The summed E-state index contributed by atoms with van der Waals surface area (Å²) < 4.78 is 0. The highest BCUT2D eigenvalue weighted by Crippen LogP contribution is 2.13. The van der Waals surface area contributed by atoms with Gasteiger partial charge in [-0.05, 0) is 25.1 Å². The summed E-state index contributed by atoms with van der Waals surface area (Å²) in [4.78, 5) is 29.0. The third kappa shape index (κ3) is 2.99. The lowest BCUT2D eigenvalue weighted by atomic mass is 10.2. The summed E-state index contributed by atoms with van der Waals surface area (Å²) in [7, 11) is 0. The molecular weight excluding hydrogens is 266 g/mol. The van der Waals surface area contributed by atoms with E-state index in [-0.39, 0.29) is 5.91 Å². The number of hydrogen-bond donors (Lipinski definition) is 0. The number of hydrogen-bond acceptors (Lipinski definition) is 5. The minimum Gasteiger partial charge on any atom is -0.353 e. The van der Waals surface area contributed by atoms with E-state index in [9.17, 15) is 4.79 Å². The third-order valence-electron chi connectivity index (χ3n) is 3.54. The van der Waals surface area contributed by atoms with E-state index < -0.39 is 0 Å². The highest BCUT2D eigenvalue weighted by molar-refractivity contribution is 5.92. The molecule has 0 bridgehead atoms. The first-order valence-electron chi connectivity index (χ1n) is 6.99. The van der Waals surface area contributed by atoms with Gasteiger partial charge in [0.1, 0.15) is 17.3 Å². The Morgan fingerprint density at radius 2 is 1.86 bits per heavy atom. The molecule has 21 heavy (non-hydrogen) atoms. The van der Waals surface area contributed by atoms with Crippen LogP contribution in [0.5, 0.6) is 0 Å². The molecule has 0 atom stereocenters. The highest BCUT2D eigenvalue weighted by atomic mass is 16.2. The maximum Gasteiger partial charge on any atom is 0.272 e. The molecule has 3 rings (SSSR count). The van der Waals surface area contributed by atoms with Gasteiger partial charge in [0.2, 0.25) is 0 Å². The molecule has 2 aromatic heterocycles. The van der Waals surface area contributed by atoms with Crippen molar-refractivity contribution in [3.05, 3.63) is 48.2 Å². The summed E-state index contributed by atoms with van der Waals surface area (Å²) in [5, 5.41) is 0. The van der Waals surface area contributed by atoms with Crippen LogP contribution in [-0.4, -0.2) is 51.9 Å². The van der Waals surface area contributed by atoms with Crippen molar-refractivity contribution in [2.45, 2.75) is 6.92 Å². The van der Waals surface area contributed by atoms with Gasteiger partial charge in [-0.1, -0.05) is 6.07 Å². The zero-order valence-corrected chi connectivity index (χ0v) is 11.9. The van der Waals surface area contributed by atoms with Gasteiger partial charge < -0.3 is 9.80 Å². The average Bonchev–Trinajstić information content (AvgIpc) is 2.55. The van der Waals surface area contributed by atoms with E-state index in [1.165, 1.54) is 0 Å². The van der Waals surface area contributed by atoms with Crippen molar-refractivity contribution in [1.29, 1.82) is 0 Å². The lowest BCUT2D eigenvalue weighted by Gasteiger charge is -2.35. The van der Waals surface area contributed by atoms with Gasteiger partial charge >= 0.3 is 0 Å². The third-order valence-corrected chi connectivity index (χ3v) is 3.54. The van der Waals surface area contributed by atoms with Gasteiger partial charge in [0.25, 0.3) is 5.91 Å². The molecular formula is C15H17N5O. The van der Waals surface area contributed by atoms with E-state index in [2.05, 4.69) is 19.9 Å². The standard InChI is InChI=1S/C15H17N5O/c1-12-16-7-5-13(18-12)15(21)20-10-8-19(9-11-20)14-4-2-3-6-17-14/h2-7H,8-11H2,1H3. The lowest BCUT2D eigenvalue weighted by Crippen LogP contribution is -2.49. The first-order chi connectivity index (χ1) is 10.2. The van der Waals surface area contributed by atoms with Gasteiger partial charge in [-0.15, -0.1) is 0 Å². The van der Waals surface area contributed by atoms with E-state index in [4.69, 9.17) is 0 Å². The van der Waals surface area contributed by atoms with Crippen molar-refractivity contribution >= 4 is 11.7 Å². The molecule has 0 unspecified atom stereocenters. The van der Waals surface area contributed by atoms with Crippen molar-refractivity contribution in [3.8, 4) is 0 Å². The van der Waals surface area contributed by atoms with Gasteiger partial charge in [0.05, 0.1) is 0 Å². The number of piperazine rings is 1. The Labute approximate surface area is 123 Å². The quantitative estimate of drug-likeness (QED) is 0.827. The number of aryl methyl sites for hydroxylation is 1. The molecule has 1 aliphatic rings. The first-order valence-corrected chi connectivity index (χ1v) is 6.99. The van der Waals surface area contributed by atoms with Crippen molar-refractivity contribution in [1.82, 2.24) is 19.9 Å². The molecule has 6 heteroatoms. The first kappa shape index (κ1) is 13.5. The fourth-order valence-corrected chi connectivity index (χ4v) is 2.42. The Morgan fingerprint density at radius 1 is 1.05 bits per heavy atom. The van der Waals surface area contributed by atoms with Crippen LogP contribution in [0.25, 0.3) is 0 Å². The molecule has 0 N–H and O–H groups in total. The Morgan fingerprint density at radius 3 is 2.52 bits per heavy atom. The SMILES string of the molecule is Cc1nccc(C(=O)N2CCN(c3ccccn3)CC2)n1. The Hall–Kier alpha value is -2.50. The van der Waals surface area contributed by atoms with E-state index in [1.54, 1.807) is 25.4 Å². The normalized spacial score (nSPS) is 15.1. The fourth-order valence-electron chi connectivity index (χ4n) is 2.42. The number of carbonyl (C=O) groups is 1. The molecule has 0 aromatic carbocycles. The van der Waals surface area contributed by atoms with E-state index in [0.29, 0.717) is 24.6 Å². The predicted molar refractivity (Wildman–Crippen MR) is 79.1 cm³/mol. The van der Waals surface area contributed by atoms with Crippen LogP contribution in [0.3, 0.4) is 0 Å². The second-order valence-electron chi connectivity index (χ2n) is 4.96. The summed E-state index contributed by atoms with van der Waals surface area (Å²) in [5.41, 5.74) is 0.466. The zero-order chi connectivity index (χ0) is 14.7. The molecule has 108 valence electrons. The highest BCUT2D eigenvalue weighted by Gasteiger charge is 2.23. The van der Waals surface area contributed by atoms with Crippen LogP contribution < -0.4 is 4.90 Å². The number of anilines is 1. The van der Waals surface area contributed by atoms with Gasteiger partial charge in [0.15, 0.2) is 0 Å². The van der Waals surface area contributed by atoms with Crippen LogP contribution in [-0.2, 0) is 0 Å². The maximum absolute atomic E-state index is 12.4. The number of amides is 1. The maximum atomic E-state index is 12.4. The summed E-state index contributed by atoms with van der Waals surface area (Å²) in [6, 6.07) is 7.54. The van der Waals surface area contributed by atoms with Crippen LogP contribution in [0, 0.1) is 6.92 Å². The van der Waals surface area contributed by atoms with Crippen molar-refractivity contribution < 1.29 is 4.79 Å². The average molecular weight is 283 g/mol. The zero-order valence-electron chi connectivity index (χ0n) is 11.9. The fraction of sp³-hybridized carbons (Fsp3) is 0.333. The Bertz CT molecular complexity index is 623. The predicted octanol–water partition coefficient (Wildman–Crippen LogP) is 1.14.